The van der Waals surface area contributed by atoms with Crippen molar-refractivity contribution in [3.8, 4) is 5.75 Å². The maximum Gasteiger partial charge on any atom is 0.162 e. The van der Waals surface area contributed by atoms with E-state index in [2.05, 4.69) is 4.98 Å². The number of carbonyl (C=O) groups is 1. The smallest absolute Gasteiger partial charge is 0.162 e. The van der Waals surface area contributed by atoms with Gasteiger partial charge in [-0.15, -0.1) is 11.3 Å². The van der Waals surface area contributed by atoms with Gasteiger partial charge in [0.25, 0.3) is 0 Å². The van der Waals surface area contributed by atoms with Gasteiger partial charge in [0.15, 0.2) is 5.78 Å². The zero-order valence-electron chi connectivity index (χ0n) is 9.28. The molecule has 2 aromatic rings. The van der Waals surface area contributed by atoms with E-state index in [1.54, 1.807) is 0 Å². The number of phenols is 1. The number of phenolic OH excluding ortho intramolecular Hbond substituents is 1. The Kier molecular flexibility index (Phi) is 2.92. The maximum absolute atomic E-state index is 11.6. The molecule has 2 rings (SSSR count). The average Bonchev–Trinajstić information content (AvgIpc) is 2.71. The fraction of sp³-hybridized carbons (Fsp3) is 0.333. The minimum absolute atomic E-state index is 0.0450. The first kappa shape index (κ1) is 11.1. The minimum Gasteiger partial charge on any atom is -0.506 e. The first-order valence-electron chi connectivity index (χ1n) is 5.31. The first-order valence-corrected chi connectivity index (χ1v) is 6.13. The van der Waals surface area contributed by atoms with Crippen LogP contribution >= 0.6 is 11.3 Å². The summed E-state index contributed by atoms with van der Waals surface area (Å²) in [4.78, 5) is 15.9. The predicted molar refractivity (Wildman–Crippen MR) is 65.3 cm³/mol. The molecule has 3 nitrogen and oxygen atoms in total. The van der Waals surface area contributed by atoms with Gasteiger partial charge < -0.3 is 5.11 Å². The molecule has 4 heteroatoms. The van der Waals surface area contributed by atoms with Crippen LogP contribution in [0.3, 0.4) is 0 Å². The molecule has 0 aliphatic rings. The summed E-state index contributed by atoms with van der Waals surface area (Å²) in [6.07, 6.45) is 1.29. The van der Waals surface area contributed by atoms with Gasteiger partial charge >= 0.3 is 0 Å². The summed E-state index contributed by atoms with van der Waals surface area (Å²) in [5.41, 5.74) is 1.17. The Morgan fingerprint density at radius 2 is 2.19 bits per heavy atom. The summed E-state index contributed by atoms with van der Waals surface area (Å²) in [5.74, 6) is 0.147. The third kappa shape index (κ3) is 1.80. The highest BCUT2D eigenvalue weighted by Gasteiger charge is 2.12. The third-order valence-corrected chi connectivity index (χ3v) is 3.61. The number of hydrogen-bond donors (Lipinski definition) is 1. The molecule has 0 atom stereocenters. The van der Waals surface area contributed by atoms with Crippen LogP contribution in [-0.2, 0) is 6.42 Å². The molecule has 1 aromatic heterocycles. The highest BCUT2D eigenvalue weighted by Crippen LogP contribution is 2.31. The Bertz CT molecular complexity index is 545. The van der Waals surface area contributed by atoms with Crippen LogP contribution in [-0.4, -0.2) is 15.9 Å². The molecule has 84 valence electrons. The van der Waals surface area contributed by atoms with Crippen molar-refractivity contribution in [3.05, 3.63) is 22.7 Å². The van der Waals surface area contributed by atoms with E-state index in [0.29, 0.717) is 17.5 Å². The van der Waals surface area contributed by atoms with Crippen molar-refractivity contribution >= 4 is 27.3 Å². The van der Waals surface area contributed by atoms with E-state index in [1.807, 2.05) is 19.9 Å². The highest BCUT2D eigenvalue weighted by atomic mass is 32.1. The van der Waals surface area contributed by atoms with Crippen molar-refractivity contribution in [1.29, 1.82) is 0 Å². The second kappa shape index (κ2) is 4.22. The van der Waals surface area contributed by atoms with Gasteiger partial charge in [0.2, 0.25) is 0 Å². The van der Waals surface area contributed by atoms with Crippen molar-refractivity contribution < 1.29 is 9.90 Å². The van der Waals surface area contributed by atoms with E-state index < -0.39 is 0 Å². The van der Waals surface area contributed by atoms with E-state index in [-0.39, 0.29) is 11.5 Å². The molecule has 0 aliphatic carbocycles. The molecule has 1 heterocycles. The summed E-state index contributed by atoms with van der Waals surface area (Å²) in [5, 5.41) is 10.8. The lowest BCUT2D eigenvalue weighted by atomic mass is 10.1. The van der Waals surface area contributed by atoms with Gasteiger partial charge in [-0.1, -0.05) is 13.8 Å². The summed E-state index contributed by atoms with van der Waals surface area (Å²) in [7, 11) is 0. The number of fused-ring (bicyclic) bond motifs is 1. The lowest BCUT2D eigenvalue weighted by Crippen LogP contribution is -1.95. The van der Waals surface area contributed by atoms with Gasteiger partial charge in [-0.3, -0.25) is 4.79 Å². The number of rotatable bonds is 3. The third-order valence-electron chi connectivity index (χ3n) is 2.46. The Labute approximate surface area is 97.8 Å². The molecule has 0 bridgehead atoms. The minimum atomic E-state index is 0.0450. The summed E-state index contributed by atoms with van der Waals surface area (Å²) in [6.45, 7) is 3.83. The summed E-state index contributed by atoms with van der Waals surface area (Å²) in [6, 6.07) is 3.32. The lowest BCUT2D eigenvalue weighted by molar-refractivity contribution is 0.0988. The maximum atomic E-state index is 11.6. The van der Waals surface area contributed by atoms with Crippen LogP contribution in [0.4, 0.5) is 0 Å². The van der Waals surface area contributed by atoms with E-state index in [1.165, 1.54) is 17.4 Å². The number of aromatic nitrogens is 1. The highest BCUT2D eigenvalue weighted by molar-refractivity contribution is 7.18. The molecule has 1 N–H and O–H groups in total. The molecule has 1 aromatic carbocycles. The van der Waals surface area contributed by atoms with Crippen LogP contribution < -0.4 is 0 Å². The van der Waals surface area contributed by atoms with Crippen molar-refractivity contribution in [2.75, 3.05) is 0 Å². The number of Topliss-reactive ketones (excluding diaryl/α,β-unsaturated/α-hetero) is 1. The van der Waals surface area contributed by atoms with Gasteiger partial charge in [0, 0.05) is 12.0 Å². The van der Waals surface area contributed by atoms with Gasteiger partial charge in [-0.25, -0.2) is 4.98 Å². The van der Waals surface area contributed by atoms with Crippen molar-refractivity contribution in [2.24, 2.45) is 0 Å². The topological polar surface area (TPSA) is 50.2 Å². The largest absolute Gasteiger partial charge is 0.506 e. The fourth-order valence-corrected chi connectivity index (χ4v) is 2.54. The second-order valence-electron chi connectivity index (χ2n) is 3.58. The van der Waals surface area contributed by atoms with Crippen LogP contribution in [0.15, 0.2) is 12.1 Å². The molecular weight excluding hydrogens is 222 g/mol. The predicted octanol–water partition coefficient (Wildman–Crippen LogP) is 3.16. The number of ketones is 1. The molecule has 0 amide bonds. The van der Waals surface area contributed by atoms with Gasteiger partial charge in [-0.05, 0) is 18.6 Å². The van der Waals surface area contributed by atoms with E-state index >= 15 is 0 Å². The van der Waals surface area contributed by atoms with Crippen molar-refractivity contribution in [3.63, 3.8) is 0 Å². The van der Waals surface area contributed by atoms with Gasteiger partial charge in [0.1, 0.15) is 11.3 Å². The van der Waals surface area contributed by atoms with E-state index in [4.69, 9.17) is 0 Å². The standard InChI is InChI=1S/C12H13NO2S/c1-3-8(14)7-5-9(15)12-10(6-7)16-11(4-2)13-12/h5-6,15H,3-4H2,1-2H3. The number of thiazole rings is 1. The van der Waals surface area contributed by atoms with E-state index in [9.17, 15) is 9.90 Å². The number of nitrogens with zero attached hydrogens (tertiary/aromatic N) is 1. The SMILES string of the molecule is CCC(=O)c1cc(O)c2nc(CC)sc2c1. The quantitative estimate of drug-likeness (QED) is 0.831. The molecule has 0 spiro atoms. The molecule has 0 unspecified atom stereocenters. The molecule has 0 saturated heterocycles. The Morgan fingerprint density at radius 1 is 1.44 bits per heavy atom. The summed E-state index contributed by atoms with van der Waals surface area (Å²) >= 11 is 1.53. The molecular formula is C12H13NO2S. The second-order valence-corrected chi connectivity index (χ2v) is 4.70. The van der Waals surface area contributed by atoms with Crippen LogP contribution in [0.2, 0.25) is 0 Å². The molecule has 0 saturated carbocycles. The number of benzene rings is 1. The monoisotopic (exact) mass is 235 g/mol. The number of aromatic hydroxyl groups is 1. The Morgan fingerprint density at radius 3 is 2.81 bits per heavy atom. The molecule has 16 heavy (non-hydrogen) atoms. The van der Waals surface area contributed by atoms with Crippen molar-refractivity contribution in [1.82, 2.24) is 4.98 Å². The fourth-order valence-electron chi connectivity index (χ4n) is 1.57. The van der Waals surface area contributed by atoms with E-state index in [0.717, 1.165) is 16.1 Å². The van der Waals surface area contributed by atoms with Crippen LogP contribution in [0.25, 0.3) is 10.2 Å². The summed E-state index contributed by atoms with van der Waals surface area (Å²) < 4.78 is 0.883. The van der Waals surface area contributed by atoms with Crippen LogP contribution in [0.5, 0.6) is 5.75 Å². The molecule has 0 fully saturated rings. The van der Waals surface area contributed by atoms with Crippen LogP contribution in [0, 0.1) is 0 Å². The number of hydrogen-bond acceptors (Lipinski definition) is 4. The Hall–Kier alpha value is -1.42. The first-order chi connectivity index (χ1) is 7.65. The van der Waals surface area contributed by atoms with Crippen molar-refractivity contribution in [2.45, 2.75) is 26.7 Å². The lowest BCUT2D eigenvalue weighted by Gasteiger charge is -1.99. The van der Waals surface area contributed by atoms with Gasteiger partial charge in [0.05, 0.1) is 9.71 Å². The average molecular weight is 235 g/mol. The molecule has 0 aliphatic heterocycles. The zero-order valence-corrected chi connectivity index (χ0v) is 10.1. The van der Waals surface area contributed by atoms with Gasteiger partial charge in [-0.2, -0.15) is 0 Å². The molecule has 0 radical (unpaired) electrons. The number of carbonyl (C=O) groups excluding carboxylic acids is 1. The van der Waals surface area contributed by atoms with Crippen LogP contribution in [0.1, 0.15) is 35.6 Å². The normalized spacial score (nSPS) is 10.9. The zero-order chi connectivity index (χ0) is 11.7. The Balaban J connectivity index is 2.61. The number of aryl methyl sites for hydroxylation is 1.